The highest BCUT2D eigenvalue weighted by atomic mass is 16.5. The number of carbonyl (C=O) groups excluding carboxylic acids is 1. The molecule has 5 nitrogen and oxygen atoms in total. The highest BCUT2D eigenvalue weighted by molar-refractivity contribution is 5.85. The molecule has 0 spiro atoms. The van der Waals surface area contributed by atoms with E-state index in [0.29, 0.717) is 11.7 Å². The molecule has 4 aromatic rings. The smallest absolute Gasteiger partial charge is 0.260 e. The molecule has 0 aliphatic carbocycles. The Labute approximate surface area is 207 Å². The molecule has 0 atom stereocenters. The molecule has 1 saturated heterocycles. The van der Waals surface area contributed by atoms with Crippen molar-refractivity contribution in [1.82, 2.24) is 14.9 Å². The number of hydrogen-bond acceptors (Lipinski definition) is 3. The van der Waals surface area contributed by atoms with E-state index in [1.54, 1.807) is 6.20 Å². The van der Waals surface area contributed by atoms with Gasteiger partial charge in [0.1, 0.15) is 11.4 Å². The fourth-order valence-electron chi connectivity index (χ4n) is 5.00. The Morgan fingerprint density at radius 2 is 1.91 bits per heavy atom. The number of piperidine rings is 1. The van der Waals surface area contributed by atoms with Gasteiger partial charge in [-0.25, -0.2) is 0 Å². The monoisotopic (exact) mass is 467 g/mol. The van der Waals surface area contributed by atoms with E-state index in [0.717, 1.165) is 60.9 Å². The van der Waals surface area contributed by atoms with Crippen LogP contribution in [-0.2, 0) is 17.6 Å². The van der Waals surface area contributed by atoms with Crippen LogP contribution in [0.15, 0.2) is 73.1 Å². The van der Waals surface area contributed by atoms with Gasteiger partial charge in [-0.2, -0.15) is 0 Å². The number of hydrogen-bond donors (Lipinski definition) is 1. The number of aromatic nitrogens is 2. The van der Waals surface area contributed by atoms with Crippen molar-refractivity contribution in [3.63, 3.8) is 0 Å². The maximum absolute atomic E-state index is 12.9. The van der Waals surface area contributed by atoms with Crippen LogP contribution in [-0.4, -0.2) is 40.5 Å². The quantitative estimate of drug-likeness (QED) is 0.344. The molecule has 3 heterocycles. The molecule has 2 aromatic heterocycles. The van der Waals surface area contributed by atoms with Crippen molar-refractivity contribution in [2.45, 2.75) is 39.0 Å². The number of aromatic amines is 1. The lowest BCUT2D eigenvalue weighted by Crippen LogP contribution is -2.41. The molecule has 1 N–H and O–H groups in total. The van der Waals surface area contributed by atoms with E-state index in [1.807, 2.05) is 41.4 Å². The zero-order valence-electron chi connectivity index (χ0n) is 20.4. The molecule has 0 saturated carbocycles. The van der Waals surface area contributed by atoms with Gasteiger partial charge in [-0.3, -0.25) is 9.78 Å². The number of fused-ring (bicyclic) bond motifs is 1. The van der Waals surface area contributed by atoms with Gasteiger partial charge in [0.25, 0.3) is 5.91 Å². The first-order valence-electron chi connectivity index (χ1n) is 12.7. The number of pyridine rings is 1. The van der Waals surface area contributed by atoms with Gasteiger partial charge in [-0.05, 0) is 79.5 Å². The second-order valence-corrected chi connectivity index (χ2v) is 9.45. The lowest BCUT2D eigenvalue weighted by atomic mass is 9.90. The Balaban J connectivity index is 1.13. The fourth-order valence-corrected chi connectivity index (χ4v) is 5.00. The number of amides is 1. The third kappa shape index (κ3) is 5.56. The topological polar surface area (TPSA) is 58.2 Å². The van der Waals surface area contributed by atoms with E-state index < -0.39 is 0 Å². The predicted octanol–water partition coefficient (Wildman–Crippen LogP) is 6.04. The van der Waals surface area contributed by atoms with Crippen molar-refractivity contribution in [3.05, 3.63) is 84.2 Å². The van der Waals surface area contributed by atoms with E-state index in [1.165, 1.54) is 17.5 Å². The number of likely N-dealkylation sites (tertiary alicyclic amines) is 1. The molecule has 1 aliphatic rings. The third-order valence-corrected chi connectivity index (χ3v) is 7.16. The largest absolute Gasteiger partial charge is 0.481 e. The Bertz CT molecular complexity index is 1290. The number of H-pyrrole nitrogens is 1. The number of carbonyl (C=O) groups is 1. The van der Waals surface area contributed by atoms with Crippen molar-refractivity contribution < 1.29 is 9.53 Å². The van der Waals surface area contributed by atoms with Gasteiger partial charge in [-0.15, -0.1) is 0 Å². The molecule has 1 aliphatic heterocycles. The van der Waals surface area contributed by atoms with Crippen molar-refractivity contribution in [3.8, 4) is 17.0 Å². The van der Waals surface area contributed by atoms with Crippen LogP contribution in [0.3, 0.4) is 0 Å². The van der Waals surface area contributed by atoms with E-state index in [2.05, 4.69) is 47.2 Å². The second kappa shape index (κ2) is 10.8. The summed E-state index contributed by atoms with van der Waals surface area (Å²) in [6.07, 6.45) is 9.20. The summed E-state index contributed by atoms with van der Waals surface area (Å²) in [6.45, 7) is 3.87. The van der Waals surface area contributed by atoms with Crippen LogP contribution in [0.2, 0.25) is 0 Å². The van der Waals surface area contributed by atoms with Crippen LogP contribution in [0.4, 0.5) is 0 Å². The summed E-state index contributed by atoms with van der Waals surface area (Å²) < 4.78 is 5.99. The van der Waals surface area contributed by atoms with Crippen molar-refractivity contribution in [2.75, 3.05) is 19.7 Å². The average molecular weight is 468 g/mol. The van der Waals surface area contributed by atoms with E-state index in [-0.39, 0.29) is 12.5 Å². The summed E-state index contributed by atoms with van der Waals surface area (Å²) in [5.74, 6) is 1.37. The Morgan fingerprint density at radius 3 is 2.77 bits per heavy atom. The zero-order chi connectivity index (χ0) is 24.0. The van der Waals surface area contributed by atoms with E-state index in [4.69, 9.17) is 4.74 Å². The number of ether oxygens (including phenoxy) is 1. The first-order chi connectivity index (χ1) is 17.2. The molecular weight excluding hydrogens is 434 g/mol. The molecule has 2 aromatic carbocycles. The van der Waals surface area contributed by atoms with Crippen LogP contribution in [0.5, 0.6) is 5.75 Å². The Kier molecular flexibility index (Phi) is 7.12. The van der Waals surface area contributed by atoms with Gasteiger partial charge in [0.05, 0.1) is 0 Å². The zero-order valence-corrected chi connectivity index (χ0v) is 20.4. The fraction of sp³-hybridized carbons (Fsp3) is 0.333. The average Bonchev–Trinajstić information content (AvgIpc) is 3.39. The predicted molar refractivity (Wildman–Crippen MR) is 140 cm³/mol. The van der Waals surface area contributed by atoms with Gasteiger partial charge in [0, 0.05) is 41.9 Å². The standard InChI is InChI=1S/C30H33N3O2/c1-2-22-5-3-6-24(19-22)9-8-23-13-17-33(18-14-23)29(34)21-35-28-7-4-15-32-30(28)26-10-11-27-25(20-26)12-16-31-27/h3-7,10-12,15-16,19-20,23,31H,2,8-9,13-14,17-18,21H2,1H3. The van der Waals surface area contributed by atoms with Crippen LogP contribution in [0, 0.1) is 5.92 Å². The SMILES string of the molecule is CCc1cccc(CCC2CCN(C(=O)COc3cccnc3-c3ccc4[nH]ccc4c3)CC2)c1. The summed E-state index contributed by atoms with van der Waals surface area (Å²) in [6, 6.07) is 20.9. The highest BCUT2D eigenvalue weighted by Crippen LogP contribution is 2.30. The molecule has 1 fully saturated rings. The molecule has 180 valence electrons. The number of nitrogens with zero attached hydrogens (tertiary/aromatic N) is 2. The second-order valence-electron chi connectivity index (χ2n) is 9.45. The minimum atomic E-state index is 0.0412. The molecule has 5 rings (SSSR count). The summed E-state index contributed by atoms with van der Waals surface area (Å²) in [4.78, 5) is 22.6. The lowest BCUT2D eigenvalue weighted by molar-refractivity contribution is -0.134. The number of aryl methyl sites for hydroxylation is 2. The van der Waals surface area contributed by atoms with Crippen molar-refractivity contribution in [2.24, 2.45) is 5.92 Å². The summed E-state index contributed by atoms with van der Waals surface area (Å²) in [7, 11) is 0. The number of benzene rings is 2. The van der Waals surface area contributed by atoms with Crippen LogP contribution < -0.4 is 4.74 Å². The lowest BCUT2D eigenvalue weighted by Gasteiger charge is -2.32. The summed E-state index contributed by atoms with van der Waals surface area (Å²) >= 11 is 0. The van der Waals surface area contributed by atoms with Crippen LogP contribution >= 0.6 is 0 Å². The Morgan fingerprint density at radius 1 is 1.06 bits per heavy atom. The summed E-state index contributed by atoms with van der Waals surface area (Å²) in [5, 5.41) is 1.12. The molecule has 35 heavy (non-hydrogen) atoms. The molecule has 0 bridgehead atoms. The van der Waals surface area contributed by atoms with Gasteiger partial charge < -0.3 is 14.6 Å². The van der Waals surface area contributed by atoms with Crippen LogP contribution in [0.25, 0.3) is 22.2 Å². The first kappa shape index (κ1) is 23.2. The van der Waals surface area contributed by atoms with E-state index in [9.17, 15) is 4.79 Å². The Hall–Kier alpha value is -3.60. The molecular formula is C30H33N3O2. The minimum absolute atomic E-state index is 0.0412. The van der Waals surface area contributed by atoms with Gasteiger partial charge in [0.2, 0.25) is 0 Å². The summed E-state index contributed by atoms with van der Waals surface area (Å²) in [5.41, 5.74) is 5.66. The van der Waals surface area contributed by atoms with Gasteiger partial charge >= 0.3 is 0 Å². The maximum atomic E-state index is 12.9. The third-order valence-electron chi connectivity index (χ3n) is 7.16. The highest BCUT2D eigenvalue weighted by Gasteiger charge is 2.23. The van der Waals surface area contributed by atoms with Crippen molar-refractivity contribution in [1.29, 1.82) is 0 Å². The van der Waals surface area contributed by atoms with Crippen LogP contribution in [0.1, 0.15) is 37.3 Å². The number of rotatable bonds is 8. The first-order valence-corrected chi connectivity index (χ1v) is 12.7. The maximum Gasteiger partial charge on any atom is 0.260 e. The van der Waals surface area contributed by atoms with Gasteiger partial charge in [-0.1, -0.05) is 37.3 Å². The van der Waals surface area contributed by atoms with E-state index >= 15 is 0 Å². The normalized spacial score (nSPS) is 14.4. The number of nitrogens with one attached hydrogen (secondary N) is 1. The molecule has 0 radical (unpaired) electrons. The minimum Gasteiger partial charge on any atom is -0.481 e. The van der Waals surface area contributed by atoms with Gasteiger partial charge in [0.15, 0.2) is 6.61 Å². The molecule has 5 heteroatoms. The molecule has 0 unspecified atom stereocenters. The van der Waals surface area contributed by atoms with Crippen molar-refractivity contribution >= 4 is 16.8 Å². The molecule has 1 amide bonds.